The summed E-state index contributed by atoms with van der Waals surface area (Å²) in [6.45, 7) is 2.12. The summed E-state index contributed by atoms with van der Waals surface area (Å²) in [5, 5.41) is 8.60. The van der Waals surface area contributed by atoms with Gasteiger partial charge in [-0.2, -0.15) is 0 Å². The molecule has 1 aromatic carbocycles. The Morgan fingerprint density at radius 2 is 2.12 bits per heavy atom. The molecule has 17 heavy (non-hydrogen) atoms. The zero-order valence-corrected chi connectivity index (χ0v) is 9.85. The predicted octanol–water partition coefficient (Wildman–Crippen LogP) is 3.16. The summed E-state index contributed by atoms with van der Waals surface area (Å²) in [5.41, 5.74) is 1.07. The lowest BCUT2D eigenvalue weighted by atomic mass is 10.1. The summed E-state index contributed by atoms with van der Waals surface area (Å²) < 4.78 is 0. The minimum absolute atomic E-state index is 0.218. The molecule has 1 aromatic rings. The number of carboxylic acid groups (broad SMARTS) is 1. The van der Waals surface area contributed by atoms with Gasteiger partial charge in [0.25, 0.3) is 5.78 Å². The number of Topliss-reactive ketones (excluding diaryl/α,β-unsaturated/α-hetero) is 1. The first-order valence-corrected chi connectivity index (χ1v) is 5.69. The van der Waals surface area contributed by atoms with Gasteiger partial charge in [-0.1, -0.05) is 50.1 Å². The van der Waals surface area contributed by atoms with Crippen molar-refractivity contribution in [3.8, 4) is 0 Å². The van der Waals surface area contributed by atoms with Gasteiger partial charge >= 0.3 is 5.97 Å². The highest BCUT2D eigenvalue weighted by molar-refractivity contribution is 6.39. The Morgan fingerprint density at radius 3 is 2.76 bits per heavy atom. The van der Waals surface area contributed by atoms with Gasteiger partial charge in [0.15, 0.2) is 0 Å². The van der Waals surface area contributed by atoms with Gasteiger partial charge in [0.1, 0.15) is 0 Å². The number of hydrogen-bond donors (Lipinski definition) is 1. The van der Waals surface area contributed by atoms with E-state index in [2.05, 4.69) is 6.92 Å². The molecule has 0 saturated carbocycles. The highest BCUT2D eigenvalue weighted by Gasteiger charge is 2.13. The lowest BCUT2D eigenvalue weighted by molar-refractivity contribution is -0.131. The molecular weight excluding hydrogens is 216 g/mol. The Bertz CT molecular complexity index is 433. The van der Waals surface area contributed by atoms with E-state index in [1.807, 2.05) is 18.2 Å². The van der Waals surface area contributed by atoms with Gasteiger partial charge < -0.3 is 5.11 Å². The smallest absolute Gasteiger partial charge is 0.377 e. The van der Waals surface area contributed by atoms with Crippen LogP contribution >= 0.6 is 0 Å². The number of carboxylic acids is 1. The van der Waals surface area contributed by atoms with Crippen molar-refractivity contribution >= 4 is 17.8 Å². The van der Waals surface area contributed by atoms with Crippen LogP contribution in [0.3, 0.4) is 0 Å². The molecule has 0 aromatic heterocycles. The van der Waals surface area contributed by atoms with E-state index < -0.39 is 11.8 Å². The molecule has 0 fully saturated rings. The molecule has 0 bridgehead atoms. The molecule has 3 heteroatoms. The molecule has 90 valence electrons. The second kappa shape index (κ2) is 6.63. The second-order valence-electron chi connectivity index (χ2n) is 3.80. The van der Waals surface area contributed by atoms with Crippen LogP contribution in [0.5, 0.6) is 0 Å². The van der Waals surface area contributed by atoms with E-state index in [9.17, 15) is 9.59 Å². The molecule has 0 radical (unpaired) electrons. The monoisotopic (exact) mass is 232 g/mol. The maximum absolute atomic E-state index is 11.2. The molecule has 0 aliphatic carbocycles. The highest BCUT2D eigenvalue weighted by atomic mass is 16.4. The van der Waals surface area contributed by atoms with Gasteiger partial charge in [-0.3, -0.25) is 4.79 Å². The number of hydrogen-bond acceptors (Lipinski definition) is 2. The highest BCUT2D eigenvalue weighted by Crippen LogP contribution is 2.09. The minimum Gasteiger partial charge on any atom is -0.475 e. The molecule has 0 spiro atoms. The molecule has 0 unspecified atom stereocenters. The topological polar surface area (TPSA) is 54.4 Å². The van der Waals surface area contributed by atoms with Crippen molar-refractivity contribution in [1.29, 1.82) is 0 Å². The lowest BCUT2D eigenvalue weighted by Gasteiger charge is -1.98. The van der Waals surface area contributed by atoms with Crippen molar-refractivity contribution in [2.24, 2.45) is 0 Å². The number of allylic oxidation sites excluding steroid dienone is 1. The van der Waals surface area contributed by atoms with Crippen LogP contribution in [0, 0.1) is 0 Å². The quantitative estimate of drug-likeness (QED) is 0.465. The molecule has 0 heterocycles. The zero-order valence-electron chi connectivity index (χ0n) is 9.85. The third-order valence-electron chi connectivity index (χ3n) is 2.38. The van der Waals surface area contributed by atoms with E-state index in [0.29, 0.717) is 0 Å². The molecule has 0 aliphatic rings. The summed E-state index contributed by atoms with van der Waals surface area (Å²) in [6.07, 6.45) is 7.21. The lowest BCUT2D eigenvalue weighted by Crippen LogP contribution is -2.12. The van der Waals surface area contributed by atoms with E-state index in [0.717, 1.165) is 24.8 Å². The van der Waals surface area contributed by atoms with Gasteiger partial charge in [0.2, 0.25) is 0 Å². The van der Waals surface area contributed by atoms with Crippen LogP contribution in [-0.2, 0) is 4.79 Å². The Balaban J connectivity index is 2.76. The second-order valence-corrected chi connectivity index (χ2v) is 3.80. The molecule has 3 nitrogen and oxygen atoms in total. The fourth-order valence-electron chi connectivity index (χ4n) is 1.45. The first-order chi connectivity index (χ1) is 8.15. The zero-order chi connectivity index (χ0) is 12.7. The van der Waals surface area contributed by atoms with Crippen LogP contribution in [0.4, 0.5) is 0 Å². The number of carbonyl (C=O) groups is 2. The Kier molecular flexibility index (Phi) is 5.14. The van der Waals surface area contributed by atoms with Crippen LogP contribution in [0.15, 0.2) is 30.3 Å². The van der Waals surface area contributed by atoms with Crippen molar-refractivity contribution in [3.05, 3.63) is 41.5 Å². The molecule has 1 rings (SSSR count). The van der Waals surface area contributed by atoms with Crippen molar-refractivity contribution in [3.63, 3.8) is 0 Å². The maximum Gasteiger partial charge on any atom is 0.377 e. The van der Waals surface area contributed by atoms with Gasteiger partial charge in [0, 0.05) is 5.56 Å². The van der Waals surface area contributed by atoms with Gasteiger partial charge in [0.05, 0.1) is 0 Å². The first kappa shape index (κ1) is 13.2. The van der Waals surface area contributed by atoms with E-state index in [1.165, 1.54) is 6.07 Å². The predicted molar refractivity (Wildman–Crippen MR) is 67.0 cm³/mol. The molecule has 0 atom stereocenters. The number of carbonyl (C=O) groups excluding carboxylic acids is 1. The van der Waals surface area contributed by atoms with E-state index in [-0.39, 0.29) is 5.56 Å². The van der Waals surface area contributed by atoms with Crippen molar-refractivity contribution < 1.29 is 14.7 Å². The molecular formula is C14H16O3. The summed E-state index contributed by atoms with van der Waals surface area (Å²) in [7, 11) is 0. The summed E-state index contributed by atoms with van der Waals surface area (Å²) in [5.74, 6) is -2.29. The molecule has 0 saturated heterocycles. The molecule has 1 N–H and O–H groups in total. The largest absolute Gasteiger partial charge is 0.475 e. The summed E-state index contributed by atoms with van der Waals surface area (Å²) in [6, 6.07) is 6.65. The van der Waals surface area contributed by atoms with Crippen LogP contribution in [0.2, 0.25) is 0 Å². The van der Waals surface area contributed by atoms with Gasteiger partial charge in [-0.15, -0.1) is 0 Å². The van der Waals surface area contributed by atoms with E-state index in [1.54, 1.807) is 12.1 Å². The maximum atomic E-state index is 11.2. The van der Waals surface area contributed by atoms with E-state index in [4.69, 9.17) is 5.11 Å². The fraction of sp³-hybridized carbons (Fsp3) is 0.286. The van der Waals surface area contributed by atoms with Crippen molar-refractivity contribution in [1.82, 2.24) is 0 Å². The summed E-state index contributed by atoms with van der Waals surface area (Å²) >= 11 is 0. The molecule has 0 aliphatic heterocycles. The van der Waals surface area contributed by atoms with Gasteiger partial charge in [-0.25, -0.2) is 4.79 Å². The minimum atomic E-state index is -1.42. The van der Waals surface area contributed by atoms with Crippen molar-refractivity contribution in [2.75, 3.05) is 0 Å². The normalized spacial score (nSPS) is 10.6. The standard InChI is InChI=1S/C14H16O3/c1-2-3-4-5-7-11-8-6-9-12(10-11)13(15)14(16)17/h5-10H,2-4H2,1H3,(H,16,17). The van der Waals surface area contributed by atoms with Crippen LogP contribution < -0.4 is 0 Å². The number of aliphatic carboxylic acids is 1. The Morgan fingerprint density at radius 1 is 1.35 bits per heavy atom. The van der Waals surface area contributed by atoms with E-state index >= 15 is 0 Å². The third kappa shape index (κ3) is 4.23. The van der Waals surface area contributed by atoms with Crippen LogP contribution in [0.1, 0.15) is 42.1 Å². The molecule has 0 amide bonds. The fourth-order valence-corrected chi connectivity index (χ4v) is 1.45. The average molecular weight is 232 g/mol. The van der Waals surface area contributed by atoms with Crippen molar-refractivity contribution in [2.45, 2.75) is 26.2 Å². The Hall–Kier alpha value is -1.90. The van der Waals surface area contributed by atoms with Gasteiger partial charge in [-0.05, 0) is 18.1 Å². The number of benzene rings is 1. The SMILES string of the molecule is CCCCC=Cc1cccc(C(=O)C(=O)O)c1. The number of ketones is 1. The average Bonchev–Trinajstić information content (AvgIpc) is 2.34. The van der Waals surface area contributed by atoms with Crippen LogP contribution in [0.25, 0.3) is 6.08 Å². The summed E-state index contributed by atoms with van der Waals surface area (Å²) in [4.78, 5) is 21.8. The Labute approximate surface area is 101 Å². The third-order valence-corrected chi connectivity index (χ3v) is 2.38. The number of rotatable bonds is 6. The first-order valence-electron chi connectivity index (χ1n) is 5.69. The van der Waals surface area contributed by atoms with Crippen LogP contribution in [-0.4, -0.2) is 16.9 Å². The number of unbranched alkanes of at least 4 members (excludes halogenated alkanes) is 2.